The first kappa shape index (κ1) is 17.9. The molecule has 0 unspecified atom stereocenters. The Bertz CT molecular complexity index is 783. The van der Waals surface area contributed by atoms with Gasteiger partial charge in [0.15, 0.2) is 0 Å². The van der Waals surface area contributed by atoms with Gasteiger partial charge in [0.1, 0.15) is 5.75 Å². The highest BCUT2D eigenvalue weighted by Crippen LogP contribution is 2.33. The fourth-order valence-corrected chi connectivity index (χ4v) is 2.98. The molecular weight excluding hydrogens is 320 g/mol. The molecule has 0 amide bonds. The van der Waals surface area contributed by atoms with Gasteiger partial charge in [-0.05, 0) is 53.1 Å². The third kappa shape index (κ3) is 3.83. The van der Waals surface area contributed by atoms with E-state index in [4.69, 9.17) is 0 Å². The molecule has 0 saturated carbocycles. The predicted octanol–water partition coefficient (Wildman–Crippen LogP) is 4.54. The van der Waals surface area contributed by atoms with Gasteiger partial charge in [0.25, 0.3) is 0 Å². The summed E-state index contributed by atoms with van der Waals surface area (Å²) >= 11 is 0. The van der Waals surface area contributed by atoms with Crippen LogP contribution in [0.4, 0.5) is 11.4 Å². The van der Waals surface area contributed by atoms with Crippen LogP contribution in [0.1, 0.15) is 16.7 Å². The summed E-state index contributed by atoms with van der Waals surface area (Å²) in [6, 6.07) is 24.5. The molecule has 0 aliphatic heterocycles. The second kappa shape index (κ2) is 7.52. The number of anilines is 2. The van der Waals surface area contributed by atoms with Gasteiger partial charge in [-0.25, -0.2) is 0 Å². The van der Waals surface area contributed by atoms with Crippen LogP contribution in [-0.2, 0) is 0 Å². The van der Waals surface area contributed by atoms with Crippen molar-refractivity contribution in [2.75, 3.05) is 38.0 Å². The Hall–Kier alpha value is -2.94. The lowest BCUT2D eigenvalue weighted by molar-refractivity contribution is 0.475. The van der Waals surface area contributed by atoms with E-state index in [-0.39, 0.29) is 5.75 Å². The van der Waals surface area contributed by atoms with Gasteiger partial charge in [-0.2, -0.15) is 0 Å². The van der Waals surface area contributed by atoms with Gasteiger partial charge in [0, 0.05) is 39.6 Å². The molecule has 3 aromatic rings. The minimum absolute atomic E-state index is 0.277. The van der Waals surface area contributed by atoms with E-state index in [9.17, 15) is 5.11 Å². The second-order valence-corrected chi connectivity index (χ2v) is 6.80. The largest absolute Gasteiger partial charge is 0.508 e. The van der Waals surface area contributed by atoms with E-state index in [1.165, 1.54) is 11.4 Å². The number of benzene rings is 3. The number of aromatic hydroxyl groups is 1. The van der Waals surface area contributed by atoms with Crippen LogP contribution < -0.4 is 9.80 Å². The zero-order valence-electron chi connectivity index (χ0n) is 15.8. The average Bonchev–Trinajstić information content (AvgIpc) is 2.64. The van der Waals surface area contributed by atoms with Crippen LogP contribution in [0.15, 0.2) is 72.8 Å². The average molecular weight is 345 g/mol. The highest BCUT2D eigenvalue weighted by molar-refractivity contribution is 5.62. The smallest absolute Gasteiger partial charge is 0.115 e. The molecule has 26 heavy (non-hydrogen) atoms. The standard InChI is InChI=1S/C23H25N2O/c1-24(2)20-11-5-17(6-12-20)23(19-9-15-22(26)16-10-19)18-7-13-21(14-8-18)25(3)4/h5-16,26H,1-4H3. The summed E-state index contributed by atoms with van der Waals surface area (Å²) in [4.78, 5) is 4.19. The topological polar surface area (TPSA) is 26.7 Å². The van der Waals surface area contributed by atoms with Crippen LogP contribution >= 0.6 is 0 Å². The maximum atomic E-state index is 9.65. The van der Waals surface area contributed by atoms with Gasteiger partial charge in [0.2, 0.25) is 0 Å². The number of phenolic OH excluding ortho intramolecular Hbond substituents is 1. The quantitative estimate of drug-likeness (QED) is 0.688. The lowest BCUT2D eigenvalue weighted by atomic mass is 9.85. The Morgan fingerprint density at radius 3 is 1.15 bits per heavy atom. The van der Waals surface area contributed by atoms with Crippen molar-refractivity contribution in [1.29, 1.82) is 0 Å². The molecule has 0 aliphatic rings. The van der Waals surface area contributed by atoms with E-state index in [2.05, 4.69) is 58.3 Å². The van der Waals surface area contributed by atoms with Crippen molar-refractivity contribution in [2.45, 2.75) is 0 Å². The Kier molecular flexibility index (Phi) is 5.17. The summed E-state index contributed by atoms with van der Waals surface area (Å²) in [5.41, 5.74) is 5.72. The van der Waals surface area contributed by atoms with Crippen LogP contribution in [0.5, 0.6) is 5.75 Å². The molecule has 0 saturated heterocycles. The summed E-state index contributed by atoms with van der Waals surface area (Å²) in [7, 11) is 8.16. The maximum Gasteiger partial charge on any atom is 0.115 e. The Morgan fingerprint density at radius 2 is 0.846 bits per heavy atom. The molecular formula is C23H25N2O. The van der Waals surface area contributed by atoms with Crippen molar-refractivity contribution >= 4 is 11.4 Å². The van der Waals surface area contributed by atoms with Crippen molar-refractivity contribution in [3.8, 4) is 5.75 Å². The van der Waals surface area contributed by atoms with Gasteiger partial charge >= 0.3 is 0 Å². The van der Waals surface area contributed by atoms with Gasteiger partial charge in [-0.15, -0.1) is 0 Å². The molecule has 3 aromatic carbocycles. The molecule has 0 bridgehead atoms. The number of hydrogen-bond donors (Lipinski definition) is 1. The second-order valence-electron chi connectivity index (χ2n) is 6.80. The summed E-state index contributed by atoms with van der Waals surface area (Å²) in [5.74, 6) is 1.43. The molecule has 0 aromatic heterocycles. The zero-order chi connectivity index (χ0) is 18.7. The molecule has 0 aliphatic carbocycles. The molecule has 3 nitrogen and oxygen atoms in total. The summed E-state index contributed by atoms with van der Waals surface area (Å²) in [6.07, 6.45) is 0. The highest BCUT2D eigenvalue weighted by Gasteiger charge is 2.18. The van der Waals surface area contributed by atoms with Crippen LogP contribution in [-0.4, -0.2) is 33.3 Å². The molecule has 0 spiro atoms. The van der Waals surface area contributed by atoms with E-state index in [1.54, 1.807) is 12.1 Å². The number of phenols is 1. The first-order chi connectivity index (χ1) is 12.5. The lowest BCUT2D eigenvalue weighted by Gasteiger charge is -2.21. The van der Waals surface area contributed by atoms with Crippen LogP contribution in [0.3, 0.4) is 0 Å². The van der Waals surface area contributed by atoms with Crippen LogP contribution in [0, 0.1) is 5.92 Å². The molecule has 0 fully saturated rings. The van der Waals surface area contributed by atoms with Gasteiger partial charge in [-0.3, -0.25) is 0 Å². The SMILES string of the molecule is CN(C)c1ccc([C](c2ccc(O)cc2)c2ccc(N(C)C)cc2)cc1. The molecule has 3 heteroatoms. The Labute approximate surface area is 156 Å². The molecule has 133 valence electrons. The van der Waals surface area contributed by atoms with Crippen molar-refractivity contribution in [3.05, 3.63) is 95.4 Å². The van der Waals surface area contributed by atoms with Crippen molar-refractivity contribution in [3.63, 3.8) is 0 Å². The molecule has 1 radical (unpaired) electrons. The Morgan fingerprint density at radius 1 is 0.538 bits per heavy atom. The normalized spacial score (nSPS) is 10.8. The summed E-state index contributed by atoms with van der Waals surface area (Å²) in [6.45, 7) is 0. The fraction of sp³-hybridized carbons (Fsp3) is 0.174. The number of nitrogens with zero attached hydrogens (tertiary/aromatic N) is 2. The van der Waals surface area contributed by atoms with Gasteiger partial charge in [-0.1, -0.05) is 36.4 Å². The molecule has 0 heterocycles. The van der Waals surface area contributed by atoms with Crippen molar-refractivity contribution < 1.29 is 5.11 Å². The molecule has 3 rings (SSSR count). The van der Waals surface area contributed by atoms with E-state index in [0.29, 0.717) is 0 Å². The summed E-state index contributed by atoms with van der Waals surface area (Å²) in [5, 5.41) is 9.65. The monoisotopic (exact) mass is 345 g/mol. The Balaban J connectivity index is 2.05. The maximum absolute atomic E-state index is 9.65. The first-order valence-corrected chi connectivity index (χ1v) is 8.67. The summed E-state index contributed by atoms with van der Waals surface area (Å²) < 4.78 is 0. The molecule has 0 atom stereocenters. The van der Waals surface area contributed by atoms with Crippen LogP contribution in [0.25, 0.3) is 0 Å². The zero-order valence-corrected chi connectivity index (χ0v) is 15.8. The van der Waals surface area contributed by atoms with Crippen molar-refractivity contribution in [2.24, 2.45) is 0 Å². The molecule has 1 N–H and O–H groups in total. The lowest BCUT2D eigenvalue weighted by Crippen LogP contribution is -2.10. The number of hydrogen-bond acceptors (Lipinski definition) is 3. The fourth-order valence-electron chi connectivity index (χ4n) is 2.98. The minimum atomic E-state index is 0.277. The third-order valence-corrected chi connectivity index (χ3v) is 4.50. The van der Waals surface area contributed by atoms with E-state index >= 15 is 0 Å². The third-order valence-electron chi connectivity index (χ3n) is 4.50. The number of rotatable bonds is 5. The van der Waals surface area contributed by atoms with Gasteiger partial charge in [0.05, 0.1) is 5.92 Å². The van der Waals surface area contributed by atoms with E-state index < -0.39 is 0 Å². The van der Waals surface area contributed by atoms with Crippen molar-refractivity contribution in [1.82, 2.24) is 0 Å². The first-order valence-electron chi connectivity index (χ1n) is 8.67. The predicted molar refractivity (Wildman–Crippen MR) is 110 cm³/mol. The van der Waals surface area contributed by atoms with Gasteiger partial charge < -0.3 is 14.9 Å². The van der Waals surface area contributed by atoms with E-state index in [1.807, 2.05) is 40.3 Å². The van der Waals surface area contributed by atoms with Crippen LogP contribution in [0.2, 0.25) is 0 Å². The minimum Gasteiger partial charge on any atom is -0.508 e. The van der Waals surface area contributed by atoms with E-state index in [0.717, 1.165) is 22.6 Å². The highest BCUT2D eigenvalue weighted by atomic mass is 16.3.